The number of carbonyl (C=O) groups is 1. The first-order chi connectivity index (χ1) is 10.4. The molecule has 1 aromatic carbocycles. The molecule has 8 heteroatoms. The summed E-state index contributed by atoms with van der Waals surface area (Å²) in [5, 5.41) is 23.2. The van der Waals surface area contributed by atoms with Crippen LogP contribution in [0.5, 0.6) is 0 Å². The van der Waals surface area contributed by atoms with Gasteiger partial charge in [-0.1, -0.05) is 17.2 Å². The summed E-state index contributed by atoms with van der Waals surface area (Å²) in [6.45, 7) is 1.83. The molecule has 0 aromatic heterocycles. The molecule has 2 atom stereocenters. The molecule has 2 N–H and O–H groups in total. The number of azide groups is 1. The second-order valence-corrected chi connectivity index (χ2v) is 6.12. The maximum atomic E-state index is 14.3. The minimum Gasteiger partial charge on any atom is -0.465 e. The fourth-order valence-corrected chi connectivity index (χ4v) is 3.91. The smallest absolute Gasteiger partial charge is 0.408 e. The van der Waals surface area contributed by atoms with Gasteiger partial charge in [0.1, 0.15) is 11.9 Å². The number of nitrogens with zero attached hydrogens (tertiary/aromatic N) is 4. The van der Waals surface area contributed by atoms with Gasteiger partial charge in [0.25, 0.3) is 0 Å². The number of carboxylic acid groups (broad SMARTS) is 1. The zero-order valence-corrected chi connectivity index (χ0v) is 11.8. The monoisotopic (exact) mass is 306 g/mol. The third-order valence-electron chi connectivity index (χ3n) is 4.78. The van der Waals surface area contributed by atoms with Crippen LogP contribution in [0.2, 0.25) is 0 Å². The van der Waals surface area contributed by atoms with Crippen molar-refractivity contribution in [1.82, 2.24) is 4.90 Å². The van der Waals surface area contributed by atoms with Crippen LogP contribution < -0.4 is 0 Å². The highest BCUT2D eigenvalue weighted by Gasteiger charge is 2.63. The van der Waals surface area contributed by atoms with E-state index in [1.54, 1.807) is 0 Å². The molecule has 3 fully saturated rings. The number of hydrogen-bond donors (Lipinski definition) is 2. The van der Waals surface area contributed by atoms with Gasteiger partial charge in [0.2, 0.25) is 0 Å². The van der Waals surface area contributed by atoms with Gasteiger partial charge in [0.05, 0.1) is 11.7 Å². The van der Waals surface area contributed by atoms with Crippen molar-refractivity contribution in [3.8, 4) is 0 Å². The molecule has 2 bridgehead atoms. The van der Waals surface area contributed by atoms with Crippen molar-refractivity contribution in [1.29, 1.82) is 0 Å². The molecule has 2 saturated heterocycles. The number of benzene rings is 1. The van der Waals surface area contributed by atoms with E-state index in [1.807, 2.05) is 6.92 Å². The first-order valence-corrected chi connectivity index (χ1v) is 6.93. The highest BCUT2D eigenvalue weighted by atomic mass is 19.1. The first-order valence-electron chi connectivity index (χ1n) is 6.93. The summed E-state index contributed by atoms with van der Waals surface area (Å²) in [6.07, 6.45) is -1.07. The Morgan fingerprint density at radius 2 is 2.27 bits per heavy atom. The van der Waals surface area contributed by atoms with Gasteiger partial charge in [-0.25, -0.2) is 9.18 Å². The van der Waals surface area contributed by atoms with Crippen molar-refractivity contribution in [3.63, 3.8) is 0 Å². The molecule has 4 rings (SSSR count). The Bertz CT molecular complexity index is 683. The highest BCUT2D eigenvalue weighted by Crippen LogP contribution is 2.57. The van der Waals surface area contributed by atoms with E-state index in [-0.39, 0.29) is 17.2 Å². The Kier molecular flexibility index (Phi) is 3.23. The maximum Gasteiger partial charge on any atom is 0.408 e. The number of amides is 1. The quantitative estimate of drug-likeness (QED) is 0.507. The van der Waals surface area contributed by atoms with E-state index in [2.05, 4.69) is 10.0 Å². The molecule has 1 aliphatic carbocycles. The largest absolute Gasteiger partial charge is 0.465 e. The number of aliphatic hydroxyl groups excluding tert-OH is 1. The summed E-state index contributed by atoms with van der Waals surface area (Å²) in [4.78, 5) is 15.3. The average molecular weight is 306 g/mol. The molecule has 3 aliphatic rings. The van der Waals surface area contributed by atoms with Crippen LogP contribution in [0.4, 0.5) is 14.9 Å². The van der Waals surface area contributed by atoms with Gasteiger partial charge >= 0.3 is 6.09 Å². The minimum absolute atomic E-state index is 0.0126. The van der Waals surface area contributed by atoms with Crippen LogP contribution in [-0.4, -0.2) is 32.8 Å². The Balaban J connectivity index is 1.98. The van der Waals surface area contributed by atoms with Crippen molar-refractivity contribution >= 4 is 11.8 Å². The molecule has 0 radical (unpaired) electrons. The van der Waals surface area contributed by atoms with E-state index in [0.29, 0.717) is 12.8 Å². The normalized spacial score (nSPS) is 30.4. The van der Waals surface area contributed by atoms with Crippen molar-refractivity contribution in [2.24, 2.45) is 11.0 Å². The molecule has 1 saturated carbocycles. The number of fused-ring (bicyclic) bond motifs is 1. The van der Waals surface area contributed by atoms with E-state index in [1.165, 1.54) is 23.1 Å². The maximum absolute atomic E-state index is 14.3. The molecular formula is C14H15FN4O3. The summed E-state index contributed by atoms with van der Waals surface area (Å²) >= 11 is 0. The number of halogens is 1. The van der Waals surface area contributed by atoms with Crippen LogP contribution >= 0.6 is 0 Å². The lowest BCUT2D eigenvalue weighted by molar-refractivity contribution is 0.0499. The molecule has 116 valence electrons. The van der Waals surface area contributed by atoms with Crippen LogP contribution in [0, 0.1) is 11.7 Å². The van der Waals surface area contributed by atoms with Gasteiger partial charge in [0, 0.05) is 16.0 Å². The molecule has 2 aliphatic heterocycles. The summed E-state index contributed by atoms with van der Waals surface area (Å²) in [5.41, 5.74) is 7.69. The van der Waals surface area contributed by atoms with Gasteiger partial charge in [-0.3, -0.25) is 4.90 Å². The Morgan fingerprint density at radius 3 is 2.86 bits per heavy atom. The molecule has 2 heterocycles. The number of aliphatic hydroxyl groups is 1. The van der Waals surface area contributed by atoms with Crippen LogP contribution in [0.1, 0.15) is 31.4 Å². The average Bonchev–Trinajstić information content (AvgIpc) is 2.89. The molecule has 0 spiro atoms. The van der Waals surface area contributed by atoms with Crippen molar-refractivity contribution < 1.29 is 19.4 Å². The predicted octanol–water partition coefficient (Wildman–Crippen LogP) is 3.33. The molecule has 22 heavy (non-hydrogen) atoms. The van der Waals surface area contributed by atoms with Gasteiger partial charge in [0.15, 0.2) is 0 Å². The van der Waals surface area contributed by atoms with Gasteiger partial charge in [-0.2, -0.15) is 0 Å². The summed E-state index contributed by atoms with van der Waals surface area (Å²) in [7, 11) is 0. The zero-order chi connectivity index (χ0) is 16.1. The van der Waals surface area contributed by atoms with E-state index in [4.69, 9.17) is 5.53 Å². The lowest BCUT2D eigenvalue weighted by Gasteiger charge is -2.37. The van der Waals surface area contributed by atoms with Gasteiger partial charge in [-0.05, 0) is 37.3 Å². The molecule has 1 amide bonds. The standard InChI is InChI=1S/C14H15FN4O3/c1-14-5-7(6-14)11(19(14)13(21)22)12(20)8-3-2-4-9(10(8)15)17-18-16/h2-4,7,11-12,20H,5-6H2,1H3,(H,21,22)/t7?,11-,12-,14?/m1/s1. The lowest BCUT2D eigenvalue weighted by Crippen LogP contribution is -2.47. The van der Waals surface area contributed by atoms with Crippen molar-refractivity contribution in [2.75, 3.05) is 0 Å². The first kappa shape index (κ1) is 14.6. The Morgan fingerprint density at radius 1 is 1.59 bits per heavy atom. The molecular weight excluding hydrogens is 291 g/mol. The SMILES string of the molecule is CC12CC(C1)[C@H]([C@H](O)c1cccc(N=[N+]=[N-])c1F)N2C(=O)O. The zero-order valence-electron chi connectivity index (χ0n) is 11.8. The second kappa shape index (κ2) is 4.86. The third kappa shape index (κ3) is 1.92. The van der Waals surface area contributed by atoms with Gasteiger partial charge in [-0.15, -0.1) is 0 Å². The van der Waals surface area contributed by atoms with Crippen LogP contribution in [0.15, 0.2) is 23.3 Å². The Labute approximate surface area is 125 Å². The molecule has 7 nitrogen and oxygen atoms in total. The third-order valence-corrected chi connectivity index (χ3v) is 4.78. The van der Waals surface area contributed by atoms with Gasteiger partial charge < -0.3 is 10.2 Å². The van der Waals surface area contributed by atoms with E-state index < -0.39 is 29.6 Å². The topological polar surface area (TPSA) is 110 Å². The van der Waals surface area contributed by atoms with E-state index >= 15 is 0 Å². The summed E-state index contributed by atoms with van der Waals surface area (Å²) < 4.78 is 14.3. The van der Waals surface area contributed by atoms with Crippen LogP contribution in [-0.2, 0) is 0 Å². The van der Waals surface area contributed by atoms with Crippen molar-refractivity contribution in [2.45, 2.75) is 37.5 Å². The van der Waals surface area contributed by atoms with Crippen molar-refractivity contribution in [3.05, 3.63) is 40.0 Å². The lowest BCUT2D eigenvalue weighted by atomic mass is 9.72. The fourth-order valence-electron chi connectivity index (χ4n) is 3.91. The van der Waals surface area contributed by atoms with Crippen LogP contribution in [0.25, 0.3) is 10.4 Å². The molecule has 0 unspecified atom stereocenters. The summed E-state index contributed by atoms with van der Waals surface area (Å²) in [6, 6.07) is 3.47. The summed E-state index contributed by atoms with van der Waals surface area (Å²) in [5.74, 6) is -0.800. The van der Waals surface area contributed by atoms with E-state index in [0.717, 1.165) is 0 Å². The minimum atomic E-state index is -1.29. The fraction of sp³-hybridized carbons (Fsp3) is 0.500. The van der Waals surface area contributed by atoms with E-state index in [9.17, 15) is 19.4 Å². The number of hydrogen-bond acceptors (Lipinski definition) is 3. The predicted molar refractivity (Wildman–Crippen MR) is 74.9 cm³/mol. The molecule has 1 aromatic rings. The highest BCUT2D eigenvalue weighted by molar-refractivity contribution is 5.68. The number of rotatable bonds is 3. The van der Waals surface area contributed by atoms with Crippen LogP contribution in [0.3, 0.4) is 0 Å². The Hall–Kier alpha value is -2.31. The second-order valence-electron chi connectivity index (χ2n) is 6.12.